The topological polar surface area (TPSA) is 66.0 Å². The molecule has 0 aliphatic heterocycles. The molecule has 0 spiro atoms. The van der Waals surface area contributed by atoms with Gasteiger partial charge >= 0.3 is 12.1 Å². The van der Waals surface area contributed by atoms with E-state index >= 15 is 0 Å². The second-order valence-corrected chi connectivity index (χ2v) is 3.50. The highest BCUT2D eigenvalue weighted by Crippen LogP contribution is 2.13. The Balaban J connectivity index is 0.000000224. The van der Waals surface area contributed by atoms with E-state index < -0.39 is 12.1 Å². The molecule has 0 radical (unpaired) electrons. The van der Waals surface area contributed by atoms with Gasteiger partial charge in [-0.15, -0.1) is 0 Å². The molecule has 0 atom stereocenters. The number of carboxylic acids is 1. The van der Waals surface area contributed by atoms with Crippen LogP contribution in [0.2, 0.25) is 0 Å². The van der Waals surface area contributed by atoms with Gasteiger partial charge in [0.1, 0.15) is 5.82 Å². The van der Waals surface area contributed by atoms with Crippen LogP contribution in [-0.4, -0.2) is 27.2 Å². The number of aromatic amines is 1. The van der Waals surface area contributed by atoms with Crippen LogP contribution in [-0.2, 0) is 11.2 Å². The minimum atomic E-state index is -5.08. The maximum atomic E-state index is 10.6. The lowest BCUT2D eigenvalue weighted by Gasteiger charge is -1.95. The number of aromatic nitrogens is 2. The largest absolute Gasteiger partial charge is 0.490 e. The Morgan fingerprint density at radius 2 is 1.84 bits per heavy atom. The molecule has 0 fully saturated rings. The van der Waals surface area contributed by atoms with Crippen molar-refractivity contribution in [2.24, 2.45) is 0 Å². The van der Waals surface area contributed by atoms with Crippen LogP contribution in [0.3, 0.4) is 0 Å². The van der Waals surface area contributed by atoms with Crippen LogP contribution in [0.1, 0.15) is 11.4 Å². The van der Waals surface area contributed by atoms with Gasteiger partial charge in [0.05, 0.1) is 0 Å². The lowest BCUT2D eigenvalue weighted by Crippen LogP contribution is -2.21. The van der Waals surface area contributed by atoms with Crippen LogP contribution in [0.15, 0.2) is 42.7 Å². The molecule has 2 N–H and O–H groups in total. The first-order valence-corrected chi connectivity index (χ1v) is 5.22. The first kappa shape index (κ1) is 14.7. The quantitative estimate of drug-likeness (QED) is 0.883. The summed E-state index contributed by atoms with van der Waals surface area (Å²) in [4.78, 5) is 16.1. The summed E-state index contributed by atoms with van der Waals surface area (Å²) < 4.78 is 31.7. The van der Waals surface area contributed by atoms with Gasteiger partial charge in [-0.3, -0.25) is 0 Å². The van der Waals surface area contributed by atoms with Gasteiger partial charge in [-0.1, -0.05) is 30.3 Å². The van der Waals surface area contributed by atoms with Gasteiger partial charge in [-0.25, -0.2) is 9.78 Å². The number of imidazole rings is 1. The molecule has 0 saturated carbocycles. The van der Waals surface area contributed by atoms with Crippen molar-refractivity contribution in [3.05, 3.63) is 54.1 Å². The standard InChI is InChI=1S/C10H10N2.C2HF3O2/c1-2-4-9(5-3-1)8-10-11-6-7-12-10;3-2(4,5)1(6)7/h1-7H,8H2,(H,11,12);(H,6,7). The Labute approximate surface area is 106 Å². The van der Waals surface area contributed by atoms with Gasteiger partial charge in [0, 0.05) is 18.8 Å². The van der Waals surface area contributed by atoms with E-state index in [0.717, 1.165) is 12.2 Å². The number of hydrogen-bond acceptors (Lipinski definition) is 2. The van der Waals surface area contributed by atoms with Crippen molar-refractivity contribution in [1.29, 1.82) is 0 Å². The van der Waals surface area contributed by atoms with E-state index in [9.17, 15) is 13.2 Å². The molecule has 102 valence electrons. The summed E-state index contributed by atoms with van der Waals surface area (Å²) in [6, 6.07) is 10.3. The predicted molar refractivity (Wildman–Crippen MR) is 61.5 cm³/mol. The predicted octanol–water partition coefficient (Wildman–Crippen LogP) is 2.63. The molecule has 0 saturated heterocycles. The summed E-state index contributed by atoms with van der Waals surface area (Å²) in [5.74, 6) is -1.74. The van der Waals surface area contributed by atoms with Crippen LogP contribution in [0.5, 0.6) is 0 Å². The number of alkyl halides is 3. The smallest absolute Gasteiger partial charge is 0.475 e. The second kappa shape index (κ2) is 6.58. The van der Waals surface area contributed by atoms with E-state index in [-0.39, 0.29) is 0 Å². The fraction of sp³-hybridized carbons (Fsp3) is 0.167. The summed E-state index contributed by atoms with van der Waals surface area (Å²) in [5.41, 5.74) is 1.28. The number of rotatable bonds is 2. The first-order chi connectivity index (χ1) is 8.89. The van der Waals surface area contributed by atoms with Crippen molar-refractivity contribution >= 4 is 5.97 Å². The maximum absolute atomic E-state index is 10.6. The lowest BCUT2D eigenvalue weighted by molar-refractivity contribution is -0.192. The van der Waals surface area contributed by atoms with Crippen molar-refractivity contribution in [2.45, 2.75) is 12.6 Å². The average Bonchev–Trinajstić information content (AvgIpc) is 2.83. The molecule has 1 heterocycles. The summed E-state index contributed by atoms with van der Waals surface area (Å²) in [7, 11) is 0. The van der Waals surface area contributed by atoms with Crippen molar-refractivity contribution in [2.75, 3.05) is 0 Å². The van der Waals surface area contributed by atoms with Crippen molar-refractivity contribution < 1.29 is 23.1 Å². The highest BCUT2D eigenvalue weighted by Gasteiger charge is 2.38. The molecule has 19 heavy (non-hydrogen) atoms. The van der Waals surface area contributed by atoms with Gasteiger partial charge < -0.3 is 10.1 Å². The van der Waals surface area contributed by atoms with Crippen LogP contribution in [0, 0.1) is 0 Å². The van der Waals surface area contributed by atoms with Crippen LogP contribution < -0.4 is 0 Å². The molecule has 1 aromatic heterocycles. The molecule has 0 bridgehead atoms. The summed E-state index contributed by atoms with van der Waals surface area (Å²) in [6.45, 7) is 0. The average molecular weight is 272 g/mol. The minimum absolute atomic E-state index is 0.883. The van der Waals surface area contributed by atoms with Crippen LogP contribution in [0.4, 0.5) is 13.2 Å². The first-order valence-electron chi connectivity index (χ1n) is 5.22. The molecular weight excluding hydrogens is 261 g/mol. The number of benzene rings is 1. The highest BCUT2D eigenvalue weighted by atomic mass is 19.4. The zero-order chi connectivity index (χ0) is 14.3. The number of carbonyl (C=O) groups is 1. The number of aliphatic carboxylic acids is 1. The second-order valence-electron chi connectivity index (χ2n) is 3.50. The van der Waals surface area contributed by atoms with E-state index in [1.807, 2.05) is 24.4 Å². The Hall–Kier alpha value is -2.31. The Kier molecular flexibility index (Phi) is 5.11. The third-order valence-corrected chi connectivity index (χ3v) is 2.01. The summed E-state index contributed by atoms with van der Waals surface area (Å²) in [5, 5.41) is 7.12. The third kappa shape index (κ3) is 5.71. The fourth-order valence-electron chi connectivity index (χ4n) is 1.18. The monoisotopic (exact) mass is 272 g/mol. The molecule has 4 nitrogen and oxygen atoms in total. The number of halogens is 3. The summed E-state index contributed by atoms with van der Waals surface area (Å²) >= 11 is 0. The number of hydrogen-bond donors (Lipinski definition) is 2. The molecule has 7 heteroatoms. The number of nitrogens with one attached hydrogen (secondary N) is 1. The molecule has 1 aromatic carbocycles. The third-order valence-electron chi connectivity index (χ3n) is 2.01. The van der Waals surface area contributed by atoms with E-state index in [2.05, 4.69) is 22.1 Å². The zero-order valence-electron chi connectivity index (χ0n) is 9.69. The minimum Gasteiger partial charge on any atom is -0.475 e. The number of carboxylic acid groups (broad SMARTS) is 1. The lowest BCUT2D eigenvalue weighted by atomic mass is 10.1. The SMILES string of the molecule is O=C(O)C(F)(F)F.c1ccc(Cc2ncc[nH]2)cc1. The van der Waals surface area contributed by atoms with Crippen LogP contribution >= 0.6 is 0 Å². The van der Waals surface area contributed by atoms with Crippen LogP contribution in [0.25, 0.3) is 0 Å². The van der Waals surface area contributed by atoms with Gasteiger partial charge in [0.2, 0.25) is 0 Å². The van der Waals surface area contributed by atoms with Crippen molar-refractivity contribution in [1.82, 2.24) is 9.97 Å². The normalized spacial score (nSPS) is 10.5. The number of nitrogens with zero attached hydrogens (tertiary/aromatic N) is 1. The van der Waals surface area contributed by atoms with E-state index in [1.54, 1.807) is 6.20 Å². The van der Waals surface area contributed by atoms with Crippen molar-refractivity contribution in [3.63, 3.8) is 0 Å². The van der Waals surface area contributed by atoms with Gasteiger partial charge in [-0.05, 0) is 5.56 Å². The zero-order valence-corrected chi connectivity index (χ0v) is 9.69. The molecule has 0 unspecified atom stereocenters. The number of H-pyrrole nitrogens is 1. The van der Waals surface area contributed by atoms with Gasteiger partial charge in [0.25, 0.3) is 0 Å². The van der Waals surface area contributed by atoms with E-state index in [4.69, 9.17) is 9.90 Å². The van der Waals surface area contributed by atoms with Gasteiger partial charge in [0.15, 0.2) is 0 Å². The molecule has 2 rings (SSSR count). The molecule has 0 amide bonds. The Morgan fingerprint density at radius 1 is 1.26 bits per heavy atom. The maximum Gasteiger partial charge on any atom is 0.490 e. The Bertz CT molecular complexity index is 495. The summed E-state index contributed by atoms with van der Waals surface area (Å²) in [6.07, 6.45) is -0.579. The van der Waals surface area contributed by atoms with E-state index in [0.29, 0.717) is 0 Å². The van der Waals surface area contributed by atoms with Gasteiger partial charge in [-0.2, -0.15) is 13.2 Å². The Morgan fingerprint density at radius 3 is 2.26 bits per heavy atom. The molecule has 0 aliphatic carbocycles. The van der Waals surface area contributed by atoms with Crippen molar-refractivity contribution in [3.8, 4) is 0 Å². The molecule has 2 aromatic rings. The fourth-order valence-corrected chi connectivity index (χ4v) is 1.18. The highest BCUT2D eigenvalue weighted by molar-refractivity contribution is 5.73. The molecular formula is C12H11F3N2O2. The van der Waals surface area contributed by atoms with E-state index in [1.165, 1.54) is 5.56 Å². The molecule has 0 aliphatic rings.